The van der Waals surface area contributed by atoms with E-state index in [9.17, 15) is 18.4 Å². The van der Waals surface area contributed by atoms with Crippen LogP contribution in [0.2, 0.25) is 10.0 Å². The van der Waals surface area contributed by atoms with E-state index < -0.39 is 35.5 Å². The van der Waals surface area contributed by atoms with Gasteiger partial charge in [0.2, 0.25) is 0 Å². The quantitative estimate of drug-likeness (QED) is 0.546. The lowest BCUT2D eigenvalue weighted by molar-refractivity contribution is -0.152. The zero-order valence-electron chi connectivity index (χ0n) is 15.6. The molecule has 10 heteroatoms. The van der Waals surface area contributed by atoms with Crippen LogP contribution in [-0.2, 0) is 14.3 Å². The summed E-state index contributed by atoms with van der Waals surface area (Å²) in [6.45, 7) is 0.714. The van der Waals surface area contributed by atoms with E-state index in [1.54, 1.807) is 6.92 Å². The third-order valence-electron chi connectivity index (χ3n) is 4.32. The zero-order chi connectivity index (χ0) is 22.0. The van der Waals surface area contributed by atoms with Gasteiger partial charge in [-0.15, -0.1) is 0 Å². The monoisotopic (exact) mass is 453 g/mol. The van der Waals surface area contributed by atoms with Crippen molar-refractivity contribution in [1.29, 1.82) is 5.41 Å². The number of rotatable bonds is 5. The highest BCUT2D eigenvalue weighted by atomic mass is 35.5. The molecule has 0 unspecified atom stereocenters. The highest BCUT2D eigenvalue weighted by molar-refractivity contribution is 6.45. The number of ketones is 1. The van der Waals surface area contributed by atoms with Crippen LogP contribution in [0.1, 0.15) is 18.1 Å². The number of anilines is 1. The molecule has 6 nitrogen and oxygen atoms in total. The molecule has 0 bridgehead atoms. The highest BCUT2D eigenvalue weighted by Gasteiger charge is 2.31. The van der Waals surface area contributed by atoms with Gasteiger partial charge < -0.3 is 9.64 Å². The smallest absolute Gasteiger partial charge is 0.376 e. The zero-order valence-corrected chi connectivity index (χ0v) is 17.2. The number of nitrogens with one attached hydrogen (secondary N) is 1. The van der Waals surface area contributed by atoms with E-state index in [0.717, 1.165) is 12.1 Å². The van der Waals surface area contributed by atoms with Crippen LogP contribution in [0.4, 0.5) is 14.5 Å². The number of aliphatic imine (C=N–C) groups is 1. The summed E-state index contributed by atoms with van der Waals surface area (Å²) < 4.78 is 33.7. The van der Waals surface area contributed by atoms with Gasteiger partial charge in [0.05, 0.1) is 46.7 Å². The predicted molar refractivity (Wildman–Crippen MR) is 110 cm³/mol. The normalized spacial score (nSPS) is 13.4. The number of benzodiazepines with no additional fused rings is 1. The van der Waals surface area contributed by atoms with Crippen LogP contribution in [0.15, 0.2) is 35.3 Å². The lowest BCUT2D eigenvalue weighted by Gasteiger charge is -2.25. The standard InChI is InChI=1S/C20H15Cl2F2N3O3/c1-2-30-20(29)14(28)9-27-13-7-6-10(21)18(22)17(13)19(26-8-15(27)25)16-11(23)4-3-5-12(16)24/h3-7,25H,2,8-9H2,1H3. The van der Waals surface area contributed by atoms with Gasteiger partial charge >= 0.3 is 5.97 Å². The van der Waals surface area contributed by atoms with Crippen LogP contribution in [0.3, 0.4) is 0 Å². The number of benzene rings is 2. The molecule has 0 aromatic heterocycles. The summed E-state index contributed by atoms with van der Waals surface area (Å²) in [4.78, 5) is 29.4. The van der Waals surface area contributed by atoms with Crippen molar-refractivity contribution in [1.82, 2.24) is 0 Å². The molecule has 30 heavy (non-hydrogen) atoms. The van der Waals surface area contributed by atoms with Crippen molar-refractivity contribution in [3.8, 4) is 0 Å². The first-order valence-corrected chi connectivity index (χ1v) is 9.54. The lowest BCUT2D eigenvalue weighted by atomic mass is 9.99. The number of fused-ring (bicyclic) bond motifs is 1. The van der Waals surface area contributed by atoms with E-state index in [1.807, 2.05) is 0 Å². The Balaban J connectivity index is 2.18. The molecular weight excluding hydrogens is 439 g/mol. The largest absolute Gasteiger partial charge is 0.460 e. The molecule has 3 rings (SSSR count). The van der Waals surface area contributed by atoms with Crippen LogP contribution in [0.25, 0.3) is 0 Å². The summed E-state index contributed by atoms with van der Waals surface area (Å²) in [6.07, 6.45) is 0. The van der Waals surface area contributed by atoms with Gasteiger partial charge in [0.1, 0.15) is 17.5 Å². The Morgan fingerprint density at radius 2 is 1.83 bits per heavy atom. The maximum Gasteiger partial charge on any atom is 0.376 e. The minimum absolute atomic E-state index is 0.0138. The van der Waals surface area contributed by atoms with E-state index in [4.69, 9.17) is 33.3 Å². The van der Waals surface area contributed by atoms with E-state index in [2.05, 4.69) is 4.99 Å². The van der Waals surface area contributed by atoms with Gasteiger partial charge in [0, 0.05) is 5.56 Å². The Bertz CT molecular complexity index is 1070. The van der Waals surface area contributed by atoms with Crippen LogP contribution in [0.5, 0.6) is 0 Å². The molecule has 0 amide bonds. The summed E-state index contributed by atoms with van der Waals surface area (Å²) in [6, 6.07) is 6.20. The molecule has 0 radical (unpaired) electrons. The second kappa shape index (κ2) is 8.89. The maximum absolute atomic E-state index is 14.5. The third kappa shape index (κ3) is 4.06. The minimum atomic E-state index is -1.06. The van der Waals surface area contributed by atoms with E-state index >= 15 is 0 Å². The average Bonchev–Trinajstić information content (AvgIpc) is 2.83. The average molecular weight is 454 g/mol. The predicted octanol–water partition coefficient (Wildman–Crippen LogP) is 4.04. The summed E-state index contributed by atoms with van der Waals surface area (Å²) in [5, 5.41) is 8.32. The van der Waals surface area contributed by atoms with Gasteiger partial charge in [-0.2, -0.15) is 0 Å². The molecule has 2 aromatic rings. The number of esters is 1. The molecule has 0 aliphatic carbocycles. The summed E-state index contributed by atoms with van der Waals surface area (Å²) >= 11 is 12.5. The van der Waals surface area contributed by atoms with E-state index in [0.29, 0.717) is 0 Å². The number of halogens is 4. The Labute approximate surface area is 180 Å². The van der Waals surface area contributed by atoms with Crippen LogP contribution in [0, 0.1) is 17.0 Å². The fourth-order valence-corrected chi connectivity index (χ4v) is 3.39. The SMILES string of the molecule is CCOC(=O)C(=O)CN1C(=N)CN=C(c2c(F)cccc2F)c2c1ccc(Cl)c2Cl. The lowest BCUT2D eigenvalue weighted by Crippen LogP contribution is -2.39. The van der Waals surface area contributed by atoms with Crippen molar-refractivity contribution in [2.45, 2.75) is 6.92 Å². The Morgan fingerprint density at radius 1 is 1.17 bits per heavy atom. The number of nitrogens with zero attached hydrogens (tertiary/aromatic N) is 2. The Morgan fingerprint density at radius 3 is 2.47 bits per heavy atom. The first-order chi connectivity index (χ1) is 14.3. The van der Waals surface area contributed by atoms with Crippen molar-refractivity contribution >= 4 is 52.2 Å². The second-order valence-electron chi connectivity index (χ2n) is 6.19. The maximum atomic E-state index is 14.5. The molecule has 0 spiro atoms. The van der Waals surface area contributed by atoms with Gasteiger partial charge in [-0.05, 0) is 31.2 Å². The van der Waals surface area contributed by atoms with Gasteiger partial charge in [-0.3, -0.25) is 15.2 Å². The summed E-state index contributed by atoms with van der Waals surface area (Å²) in [5.74, 6) is -3.90. The molecule has 1 heterocycles. The number of ether oxygens (including phenoxy) is 1. The van der Waals surface area contributed by atoms with Gasteiger partial charge in [-0.1, -0.05) is 29.3 Å². The molecule has 0 saturated heterocycles. The number of hydrogen-bond donors (Lipinski definition) is 1. The van der Waals surface area contributed by atoms with E-state index in [-0.39, 0.29) is 46.0 Å². The second-order valence-corrected chi connectivity index (χ2v) is 6.98. The van der Waals surface area contributed by atoms with Crippen molar-refractivity contribution in [3.63, 3.8) is 0 Å². The first kappa shape index (κ1) is 21.9. The van der Waals surface area contributed by atoms with Crippen LogP contribution >= 0.6 is 23.2 Å². The van der Waals surface area contributed by atoms with Crippen LogP contribution in [-0.4, -0.2) is 43.0 Å². The molecule has 0 atom stereocenters. The minimum Gasteiger partial charge on any atom is -0.460 e. The Kier molecular flexibility index (Phi) is 6.48. The van der Waals surface area contributed by atoms with Crippen molar-refractivity contribution in [2.75, 3.05) is 24.6 Å². The molecule has 2 aromatic carbocycles. The van der Waals surface area contributed by atoms with Gasteiger partial charge in [-0.25, -0.2) is 13.6 Å². The number of Topliss-reactive ketones (excluding diaryl/α,β-unsaturated/α-hetero) is 1. The van der Waals surface area contributed by atoms with Crippen LogP contribution < -0.4 is 4.90 Å². The third-order valence-corrected chi connectivity index (χ3v) is 5.12. The summed E-state index contributed by atoms with van der Waals surface area (Å²) in [5.41, 5.74) is -0.378. The van der Waals surface area contributed by atoms with E-state index in [1.165, 1.54) is 23.1 Å². The van der Waals surface area contributed by atoms with Crippen molar-refractivity contribution in [2.24, 2.45) is 4.99 Å². The number of amidine groups is 1. The van der Waals surface area contributed by atoms with Gasteiger partial charge in [0.15, 0.2) is 0 Å². The molecule has 0 fully saturated rings. The van der Waals surface area contributed by atoms with Crippen molar-refractivity contribution in [3.05, 3.63) is 63.1 Å². The molecule has 156 valence electrons. The molecule has 1 aliphatic heterocycles. The number of carbonyl (C=O) groups excluding carboxylic acids is 2. The number of carbonyl (C=O) groups is 2. The molecule has 1 aliphatic rings. The summed E-state index contributed by atoms with van der Waals surface area (Å²) in [7, 11) is 0. The first-order valence-electron chi connectivity index (χ1n) is 8.78. The fraction of sp³-hybridized carbons (Fsp3) is 0.200. The fourth-order valence-electron chi connectivity index (χ4n) is 2.98. The highest BCUT2D eigenvalue weighted by Crippen LogP contribution is 2.37. The molecule has 1 N–H and O–H groups in total. The Hall–Kier alpha value is -2.84. The number of hydrogen-bond acceptors (Lipinski definition) is 5. The topological polar surface area (TPSA) is 82.8 Å². The van der Waals surface area contributed by atoms with Crippen molar-refractivity contribution < 1.29 is 23.1 Å². The van der Waals surface area contributed by atoms with Gasteiger partial charge in [0.25, 0.3) is 5.78 Å². The molecular formula is C20H15Cl2F2N3O3. The molecule has 0 saturated carbocycles.